The molecule has 2 N–H and O–H groups in total. The van der Waals surface area contributed by atoms with Crippen LogP contribution in [-0.4, -0.2) is 31.5 Å². The number of carbonyl (C=O) groups excluding carboxylic acids is 3. The van der Waals surface area contributed by atoms with Gasteiger partial charge in [-0.05, 0) is 60.2 Å². The highest BCUT2D eigenvalue weighted by atomic mass is 35.5. The van der Waals surface area contributed by atoms with Crippen LogP contribution in [0.15, 0.2) is 72.8 Å². The highest BCUT2D eigenvalue weighted by Gasteiger charge is 2.11. The van der Waals surface area contributed by atoms with Gasteiger partial charge in [0.15, 0.2) is 6.61 Å². The maximum Gasteiger partial charge on any atom is 0.331 e. The summed E-state index contributed by atoms with van der Waals surface area (Å²) in [5.41, 5.74) is 1.96. The minimum atomic E-state index is -0.704. The van der Waals surface area contributed by atoms with E-state index in [1.807, 2.05) is 0 Å². The molecule has 0 atom stereocenters. The fourth-order valence-corrected chi connectivity index (χ4v) is 3.30. The average molecular weight is 499 g/mol. The van der Waals surface area contributed by atoms with Gasteiger partial charge in [-0.15, -0.1) is 0 Å². The SMILES string of the molecule is COc1ccccc1NC(=O)c1ccc(NC(=O)COC(=O)/C=C/c2ccc(Cl)cc2Cl)cc1. The molecule has 0 unspecified atom stereocenters. The summed E-state index contributed by atoms with van der Waals surface area (Å²) in [7, 11) is 1.52. The molecule has 0 fully saturated rings. The molecule has 3 aromatic rings. The molecule has 7 nitrogen and oxygen atoms in total. The van der Waals surface area contributed by atoms with Crippen LogP contribution < -0.4 is 15.4 Å². The van der Waals surface area contributed by atoms with Crippen molar-refractivity contribution < 1.29 is 23.9 Å². The van der Waals surface area contributed by atoms with Crippen molar-refractivity contribution in [2.24, 2.45) is 0 Å². The summed E-state index contributed by atoms with van der Waals surface area (Å²) in [4.78, 5) is 36.4. The van der Waals surface area contributed by atoms with Crippen LogP contribution in [0.4, 0.5) is 11.4 Å². The highest BCUT2D eigenvalue weighted by molar-refractivity contribution is 6.35. The summed E-state index contributed by atoms with van der Waals surface area (Å²) in [5.74, 6) is -1.02. The van der Waals surface area contributed by atoms with Gasteiger partial charge in [0, 0.05) is 27.4 Å². The van der Waals surface area contributed by atoms with Crippen LogP contribution >= 0.6 is 23.2 Å². The molecular formula is C25H20Cl2N2O5. The molecule has 3 aromatic carbocycles. The Balaban J connectivity index is 1.49. The predicted octanol–water partition coefficient (Wildman–Crippen LogP) is 5.45. The number of benzene rings is 3. The summed E-state index contributed by atoms with van der Waals surface area (Å²) in [5, 5.41) is 6.23. The number of rotatable bonds is 8. The lowest BCUT2D eigenvalue weighted by Gasteiger charge is -2.10. The van der Waals surface area contributed by atoms with Crippen LogP contribution in [0.3, 0.4) is 0 Å². The molecular weight excluding hydrogens is 479 g/mol. The Kier molecular flexibility index (Phi) is 8.67. The van der Waals surface area contributed by atoms with Gasteiger partial charge in [0.1, 0.15) is 5.75 Å². The molecule has 0 spiro atoms. The van der Waals surface area contributed by atoms with Gasteiger partial charge in [0.05, 0.1) is 12.8 Å². The molecule has 34 heavy (non-hydrogen) atoms. The van der Waals surface area contributed by atoms with E-state index in [2.05, 4.69) is 10.6 Å². The van der Waals surface area contributed by atoms with Crippen molar-refractivity contribution in [3.63, 3.8) is 0 Å². The number of nitrogens with one attached hydrogen (secondary N) is 2. The topological polar surface area (TPSA) is 93.7 Å². The summed E-state index contributed by atoms with van der Waals surface area (Å²) in [6.07, 6.45) is 2.63. The van der Waals surface area contributed by atoms with Crippen LogP contribution in [0.5, 0.6) is 5.75 Å². The first-order valence-electron chi connectivity index (χ1n) is 10.00. The molecule has 0 saturated carbocycles. The van der Waals surface area contributed by atoms with E-state index >= 15 is 0 Å². The largest absolute Gasteiger partial charge is 0.495 e. The zero-order chi connectivity index (χ0) is 24.5. The Morgan fingerprint density at radius 3 is 2.38 bits per heavy atom. The number of para-hydroxylation sites is 2. The second kappa shape index (κ2) is 11.9. The van der Waals surface area contributed by atoms with Crippen LogP contribution in [0, 0.1) is 0 Å². The van der Waals surface area contributed by atoms with Gasteiger partial charge in [-0.1, -0.05) is 41.4 Å². The van der Waals surface area contributed by atoms with Crippen LogP contribution in [0.1, 0.15) is 15.9 Å². The van der Waals surface area contributed by atoms with Crippen molar-refractivity contribution in [2.45, 2.75) is 0 Å². The number of halogens is 2. The van der Waals surface area contributed by atoms with Gasteiger partial charge in [-0.2, -0.15) is 0 Å². The number of carbonyl (C=O) groups is 3. The molecule has 9 heteroatoms. The van der Waals surface area contributed by atoms with E-state index in [4.69, 9.17) is 32.7 Å². The van der Waals surface area contributed by atoms with E-state index in [0.717, 1.165) is 6.08 Å². The fourth-order valence-electron chi connectivity index (χ4n) is 2.82. The molecule has 0 radical (unpaired) electrons. The number of amides is 2. The third kappa shape index (κ3) is 7.10. The second-order valence-electron chi connectivity index (χ2n) is 6.89. The zero-order valence-corrected chi connectivity index (χ0v) is 19.5. The molecule has 0 aliphatic rings. The van der Waals surface area contributed by atoms with Crippen LogP contribution in [-0.2, 0) is 14.3 Å². The van der Waals surface area contributed by atoms with E-state index in [0.29, 0.717) is 38.3 Å². The average Bonchev–Trinajstić information content (AvgIpc) is 2.83. The van der Waals surface area contributed by atoms with Crippen molar-refractivity contribution in [1.82, 2.24) is 0 Å². The normalized spacial score (nSPS) is 10.6. The number of hydrogen-bond acceptors (Lipinski definition) is 5. The molecule has 0 heterocycles. The standard InChI is InChI=1S/C25H20Cl2N2O5/c1-33-22-5-3-2-4-21(22)29-25(32)17-7-11-19(12-8-17)28-23(30)15-34-24(31)13-9-16-6-10-18(26)14-20(16)27/h2-14H,15H2,1H3,(H,28,30)(H,29,32)/b13-9+. The summed E-state index contributed by atoms with van der Waals surface area (Å²) >= 11 is 11.9. The van der Waals surface area contributed by atoms with E-state index in [1.54, 1.807) is 66.7 Å². The second-order valence-corrected chi connectivity index (χ2v) is 7.73. The van der Waals surface area contributed by atoms with Crippen molar-refractivity contribution in [2.75, 3.05) is 24.4 Å². The summed E-state index contributed by atoms with van der Waals surface area (Å²) in [6, 6.07) is 18.2. The smallest absolute Gasteiger partial charge is 0.331 e. The van der Waals surface area contributed by atoms with Gasteiger partial charge in [-0.25, -0.2) is 4.79 Å². The summed E-state index contributed by atoms with van der Waals surface area (Å²) < 4.78 is 10.1. The Morgan fingerprint density at radius 1 is 0.941 bits per heavy atom. The van der Waals surface area contributed by atoms with E-state index in [-0.39, 0.29) is 5.91 Å². The fraction of sp³-hybridized carbons (Fsp3) is 0.0800. The number of esters is 1. The van der Waals surface area contributed by atoms with Crippen LogP contribution in [0.2, 0.25) is 10.0 Å². The third-order valence-corrected chi connectivity index (χ3v) is 5.06. The molecule has 174 valence electrons. The third-order valence-electron chi connectivity index (χ3n) is 4.49. The Bertz CT molecular complexity index is 1230. The van der Waals surface area contributed by atoms with E-state index < -0.39 is 18.5 Å². The highest BCUT2D eigenvalue weighted by Crippen LogP contribution is 2.24. The number of methoxy groups -OCH3 is 1. The van der Waals surface area contributed by atoms with E-state index in [1.165, 1.54) is 13.2 Å². The molecule has 3 rings (SSSR count). The molecule has 0 aromatic heterocycles. The first-order chi connectivity index (χ1) is 16.4. The quantitative estimate of drug-likeness (QED) is 0.318. The first kappa shape index (κ1) is 24.8. The van der Waals surface area contributed by atoms with E-state index in [9.17, 15) is 14.4 Å². The monoisotopic (exact) mass is 498 g/mol. The van der Waals surface area contributed by atoms with Crippen molar-refractivity contribution in [1.29, 1.82) is 0 Å². The lowest BCUT2D eigenvalue weighted by atomic mass is 10.2. The maximum atomic E-state index is 12.5. The van der Waals surface area contributed by atoms with Gasteiger partial charge in [-0.3, -0.25) is 9.59 Å². The molecule has 0 aliphatic carbocycles. The van der Waals surface area contributed by atoms with Gasteiger partial charge >= 0.3 is 5.97 Å². The molecule has 0 bridgehead atoms. The van der Waals surface area contributed by atoms with Gasteiger partial charge in [0.25, 0.3) is 11.8 Å². The Hall–Kier alpha value is -3.81. The van der Waals surface area contributed by atoms with Crippen molar-refractivity contribution in [3.05, 3.63) is 94.0 Å². The molecule has 0 saturated heterocycles. The Labute approximate surface area is 206 Å². The molecule has 2 amide bonds. The minimum absolute atomic E-state index is 0.330. The lowest BCUT2D eigenvalue weighted by molar-refractivity contribution is -0.142. The minimum Gasteiger partial charge on any atom is -0.495 e. The Morgan fingerprint density at radius 2 is 1.68 bits per heavy atom. The summed E-state index contributed by atoms with van der Waals surface area (Å²) in [6.45, 7) is -0.479. The first-order valence-corrected chi connectivity index (χ1v) is 10.8. The number of anilines is 2. The van der Waals surface area contributed by atoms with Crippen molar-refractivity contribution in [3.8, 4) is 5.75 Å². The lowest BCUT2D eigenvalue weighted by Crippen LogP contribution is -2.20. The molecule has 0 aliphatic heterocycles. The van der Waals surface area contributed by atoms with Crippen LogP contribution in [0.25, 0.3) is 6.08 Å². The van der Waals surface area contributed by atoms with Gasteiger partial charge < -0.3 is 20.1 Å². The maximum absolute atomic E-state index is 12.5. The van der Waals surface area contributed by atoms with Gasteiger partial charge in [0.2, 0.25) is 0 Å². The predicted molar refractivity (Wildman–Crippen MR) is 132 cm³/mol. The number of hydrogen-bond donors (Lipinski definition) is 2. The zero-order valence-electron chi connectivity index (χ0n) is 18.0. The number of ether oxygens (including phenoxy) is 2. The van der Waals surface area contributed by atoms with Crippen molar-refractivity contribution >= 4 is 58.4 Å².